The van der Waals surface area contributed by atoms with Crippen LogP contribution in [0.15, 0.2) is 37.2 Å². The molecule has 174 valence electrons. The van der Waals surface area contributed by atoms with Gasteiger partial charge < -0.3 is 25.1 Å². The van der Waals surface area contributed by atoms with Crippen LogP contribution in [0.1, 0.15) is 16.1 Å². The van der Waals surface area contributed by atoms with E-state index in [2.05, 4.69) is 30.2 Å². The van der Waals surface area contributed by atoms with E-state index in [1.165, 1.54) is 12.4 Å². The molecule has 1 saturated heterocycles. The van der Waals surface area contributed by atoms with Crippen molar-refractivity contribution in [3.8, 4) is 11.3 Å². The molecule has 0 aliphatic carbocycles. The molecule has 0 spiro atoms. The van der Waals surface area contributed by atoms with Gasteiger partial charge in [0.25, 0.3) is 5.91 Å². The van der Waals surface area contributed by atoms with E-state index in [4.69, 9.17) is 25.6 Å². The summed E-state index contributed by atoms with van der Waals surface area (Å²) in [6.45, 7) is 2.97. The van der Waals surface area contributed by atoms with Crippen LogP contribution in [0.2, 0.25) is 0 Å². The average molecular weight is 463 g/mol. The van der Waals surface area contributed by atoms with E-state index in [0.717, 1.165) is 17.1 Å². The number of nitrogens with one attached hydrogen (secondary N) is 2. The van der Waals surface area contributed by atoms with E-state index in [0.29, 0.717) is 50.1 Å². The Morgan fingerprint density at radius 2 is 1.79 bits per heavy atom. The minimum absolute atomic E-state index is 0.140. The van der Waals surface area contributed by atoms with Crippen LogP contribution in [0.5, 0.6) is 0 Å². The van der Waals surface area contributed by atoms with E-state index >= 15 is 0 Å². The number of nitrogens with two attached hydrogens (primary N) is 1. The van der Waals surface area contributed by atoms with E-state index < -0.39 is 5.91 Å². The summed E-state index contributed by atoms with van der Waals surface area (Å²) in [4.78, 5) is 39.5. The van der Waals surface area contributed by atoms with Gasteiger partial charge in [-0.2, -0.15) is 0 Å². The van der Waals surface area contributed by atoms with Crippen LogP contribution < -0.4 is 21.4 Å². The van der Waals surface area contributed by atoms with Gasteiger partial charge in [-0.1, -0.05) is 0 Å². The summed E-state index contributed by atoms with van der Waals surface area (Å²) in [5.74, 6) is 0.566. The van der Waals surface area contributed by atoms with Gasteiger partial charge in [-0.25, -0.2) is 35.4 Å². The van der Waals surface area contributed by atoms with Gasteiger partial charge >= 0.3 is 0 Å². The van der Waals surface area contributed by atoms with Crippen molar-refractivity contribution in [3.05, 3.63) is 48.4 Å². The number of hydrogen-bond acceptors (Lipinski definition) is 12. The number of nitrogens with zero attached hydrogens (tertiary/aromatic N) is 8. The molecule has 5 rings (SSSR count). The predicted molar refractivity (Wildman–Crippen MR) is 120 cm³/mol. The smallest absolute Gasteiger partial charge is 0.277 e. The average Bonchev–Trinajstić information content (AvgIpc) is 3.31. The van der Waals surface area contributed by atoms with Crippen LogP contribution in [0, 0.1) is 0 Å². The number of carbonyl (C=O) groups excluding carboxylic acids is 1. The Labute approximate surface area is 192 Å². The maximum atomic E-state index is 11.4. The minimum atomic E-state index is -0.683. The quantitative estimate of drug-likeness (QED) is 0.224. The van der Waals surface area contributed by atoms with Gasteiger partial charge in [0.1, 0.15) is 0 Å². The number of carbonyl (C=O) groups is 1. The number of aromatic nitrogens is 7. The molecule has 1 aliphatic heterocycles. The van der Waals surface area contributed by atoms with Crippen LogP contribution in [-0.4, -0.2) is 71.7 Å². The van der Waals surface area contributed by atoms with Gasteiger partial charge in [0.2, 0.25) is 11.9 Å². The molecule has 0 atom stereocenters. The fourth-order valence-electron chi connectivity index (χ4n) is 3.49. The molecule has 1 aliphatic rings. The number of ether oxygens (including phenoxy) is 1. The van der Waals surface area contributed by atoms with E-state index in [1.54, 1.807) is 17.9 Å². The molecule has 34 heavy (non-hydrogen) atoms. The molecule has 0 bridgehead atoms. The second-order valence-electron chi connectivity index (χ2n) is 7.43. The van der Waals surface area contributed by atoms with Crippen LogP contribution in [-0.2, 0) is 11.3 Å². The molecule has 1 amide bonds. The maximum absolute atomic E-state index is 11.4. The predicted octanol–water partition coefficient (Wildman–Crippen LogP) is 0.126. The number of hydrogen-bond donors (Lipinski definition) is 4. The second-order valence-corrected chi connectivity index (χ2v) is 7.43. The Morgan fingerprint density at radius 1 is 1.06 bits per heavy atom. The van der Waals surface area contributed by atoms with Gasteiger partial charge in [0.05, 0.1) is 36.7 Å². The van der Waals surface area contributed by atoms with Gasteiger partial charge in [0, 0.05) is 55.8 Å². The van der Waals surface area contributed by atoms with Gasteiger partial charge in [0.15, 0.2) is 11.5 Å². The van der Waals surface area contributed by atoms with Gasteiger partial charge in [-0.05, 0) is 0 Å². The van der Waals surface area contributed by atoms with Crippen molar-refractivity contribution < 1.29 is 14.7 Å². The number of morpholine rings is 1. The summed E-state index contributed by atoms with van der Waals surface area (Å²) in [7, 11) is 0. The number of anilines is 3. The van der Waals surface area contributed by atoms with Crippen molar-refractivity contribution in [2.45, 2.75) is 6.54 Å². The van der Waals surface area contributed by atoms with Gasteiger partial charge in [-0.3, -0.25) is 10.0 Å². The van der Waals surface area contributed by atoms with Crippen molar-refractivity contribution >= 4 is 29.3 Å². The summed E-state index contributed by atoms with van der Waals surface area (Å²) in [5.41, 5.74) is 10.2. The monoisotopic (exact) mass is 463 g/mol. The molecule has 0 radical (unpaired) electrons. The lowest BCUT2D eigenvalue weighted by Crippen LogP contribution is -2.37. The highest BCUT2D eigenvalue weighted by Crippen LogP contribution is 2.25. The molecule has 14 heteroatoms. The van der Waals surface area contributed by atoms with Crippen LogP contribution in [0.4, 0.5) is 17.7 Å². The largest absolute Gasteiger partial charge is 0.378 e. The van der Waals surface area contributed by atoms with Crippen LogP contribution >= 0.6 is 0 Å². The molecule has 0 saturated carbocycles. The Morgan fingerprint density at radius 3 is 2.50 bits per heavy atom. The third-order valence-corrected chi connectivity index (χ3v) is 5.19. The highest BCUT2D eigenvalue weighted by molar-refractivity contribution is 5.92. The first-order chi connectivity index (χ1) is 16.6. The Hall–Kier alpha value is -4.43. The standard InChI is InChI=1S/C20H21N11O3/c21-19-22-5-12(6-23-19)15-11-31-10-14(9-26-20-24-7-13(8-25-20)18(32)29-33)27-16(31)17(28-15)30-1-3-34-4-2-30/h5-8,10-11,33H,1-4,9H2,(H,29,32)(H2,21,22,23)(H,24,25,26). The molecule has 4 aromatic rings. The summed E-state index contributed by atoms with van der Waals surface area (Å²) < 4.78 is 7.40. The molecule has 14 nitrogen and oxygen atoms in total. The van der Waals surface area contributed by atoms with E-state index in [-0.39, 0.29) is 11.5 Å². The fraction of sp³-hybridized carbons (Fsp3) is 0.250. The van der Waals surface area contributed by atoms with Crippen molar-refractivity contribution in [2.24, 2.45) is 0 Å². The molecular weight excluding hydrogens is 442 g/mol. The lowest BCUT2D eigenvalue weighted by atomic mass is 10.2. The van der Waals surface area contributed by atoms with E-state index in [9.17, 15) is 4.79 Å². The SMILES string of the molecule is Nc1ncc(-c2cn3cc(CNc4ncc(C(=O)NO)cn4)nc3c(N3CCOCC3)n2)cn1. The first-order valence-corrected chi connectivity index (χ1v) is 10.4. The molecule has 4 aromatic heterocycles. The Balaban J connectivity index is 1.44. The fourth-order valence-corrected chi connectivity index (χ4v) is 3.49. The number of nitrogen functional groups attached to an aromatic ring is 1. The topological polar surface area (TPSA) is 182 Å². The number of imidazole rings is 1. The molecule has 0 unspecified atom stereocenters. The van der Waals surface area contributed by atoms with Crippen molar-refractivity contribution in [2.75, 3.05) is 42.3 Å². The summed E-state index contributed by atoms with van der Waals surface area (Å²) in [5, 5.41) is 11.8. The maximum Gasteiger partial charge on any atom is 0.277 e. The summed E-state index contributed by atoms with van der Waals surface area (Å²) >= 11 is 0. The lowest BCUT2D eigenvalue weighted by Gasteiger charge is -2.28. The molecule has 5 N–H and O–H groups in total. The minimum Gasteiger partial charge on any atom is -0.378 e. The Kier molecular flexibility index (Phi) is 5.80. The highest BCUT2D eigenvalue weighted by atomic mass is 16.5. The number of fused-ring (bicyclic) bond motifs is 1. The zero-order valence-corrected chi connectivity index (χ0v) is 17.9. The third-order valence-electron chi connectivity index (χ3n) is 5.19. The Bertz CT molecular complexity index is 1300. The normalized spacial score (nSPS) is 13.7. The van der Waals surface area contributed by atoms with Gasteiger partial charge in [-0.15, -0.1) is 0 Å². The van der Waals surface area contributed by atoms with Crippen molar-refractivity contribution in [1.82, 2.24) is 39.8 Å². The molecule has 5 heterocycles. The summed E-state index contributed by atoms with van der Waals surface area (Å²) in [6.07, 6.45) is 9.65. The van der Waals surface area contributed by atoms with Crippen LogP contribution in [0.3, 0.4) is 0 Å². The molecule has 1 fully saturated rings. The number of amides is 1. The zero-order valence-electron chi connectivity index (χ0n) is 17.9. The number of rotatable bonds is 6. The molecular formula is C20H21N11O3. The lowest BCUT2D eigenvalue weighted by molar-refractivity contribution is 0.0705. The first kappa shape index (κ1) is 21.4. The van der Waals surface area contributed by atoms with Crippen LogP contribution in [0.25, 0.3) is 16.9 Å². The first-order valence-electron chi connectivity index (χ1n) is 10.4. The summed E-state index contributed by atoms with van der Waals surface area (Å²) in [6, 6.07) is 0. The van der Waals surface area contributed by atoms with E-state index in [1.807, 2.05) is 16.8 Å². The second kappa shape index (κ2) is 9.21. The third kappa shape index (κ3) is 4.39. The van der Waals surface area contributed by atoms with Crippen molar-refractivity contribution in [3.63, 3.8) is 0 Å². The molecule has 0 aromatic carbocycles. The number of hydroxylamine groups is 1. The highest BCUT2D eigenvalue weighted by Gasteiger charge is 2.20. The zero-order chi connectivity index (χ0) is 23.5. The van der Waals surface area contributed by atoms with Crippen molar-refractivity contribution in [1.29, 1.82) is 0 Å².